The molecule has 0 bridgehead atoms. The van der Waals surface area contributed by atoms with E-state index in [2.05, 4.69) is 15.6 Å². The lowest BCUT2D eigenvalue weighted by molar-refractivity contribution is -0.120. The maximum absolute atomic E-state index is 12.3. The van der Waals surface area contributed by atoms with Crippen LogP contribution in [0.25, 0.3) is 10.9 Å². The monoisotopic (exact) mass is 329 g/mol. The first-order valence-corrected chi connectivity index (χ1v) is 8.17. The number of rotatable bonds is 3. The molecule has 1 aliphatic carbocycles. The van der Waals surface area contributed by atoms with Crippen LogP contribution in [0.4, 0.5) is 0 Å². The molecule has 2 heterocycles. The van der Waals surface area contributed by atoms with Gasteiger partial charge in [-0.1, -0.05) is 11.6 Å². The molecule has 6 heteroatoms. The van der Waals surface area contributed by atoms with Gasteiger partial charge in [0.1, 0.15) is 6.04 Å². The number of carbonyl (C=O) groups is 2. The summed E-state index contributed by atoms with van der Waals surface area (Å²) in [5.41, 5.74) is 2.42. The summed E-state index contributed by atoms with van der Waals surface area (Å²) < 4.78 is 0. The Hall–Kier alpha value is -2.14. The highest BCUT2D eigenvalue weighted by atomic mass is 35.5. The van der Waals surface area contributed by atoms with Gasteiger partial charge < -0.3 is 10.6 Å². The van der Waals surface area contributed by atoms with Gasteiger partial charge in [0.05, 0.1) is 11.1 Å². The number of nitrogens with one attached hydrogen (secondary N) is 2. The highest BCUT2D eigenvalue weighted by molar-refractivity contribution is 6.32. The van der Waals surface area contributed by atoms with E-state index in [1.807, 2.05) is 12.1 Å². The van der Waals surface area contributed by atoms with Gasteiger partial charge in [0.15, 0.2) is 0 Å². The van der Waals surface area contributed by atoms with Gasteiger partial charge >= 0.3 is 0 Å². The third-order valence-electron chi connectivity index (χ3n) is 4.43. The van der Waals surface area contributed by atoms with Crippen molar-refractivity contribution in [1.82, 2.24) is 15.6 Å². The number of benzene rings is 1. The Morgan fingerprint density at radius 3 is 2.78 bits per heavy atom. The highest BCUT2D eigenvalue weighted by Gasteiger charge is 2.27. The fraction of sp³-hybridized carbons (Fsp3) is 0.353. The zero-order valence-corrected chi connectivity index (χ0v) is 13.2. The molecule has 1 unspecified atom stereocenters. The van der Waals surface area contributed by atoms with Crippen molar-refractivity contribution < 1.29 is 9.59 Å². The number of pyridine rings is 1. The molecule has 2 fully saturated rings. The quantitative estimate of drug-likeness (QED) is 0.908. The fourth-order valence-electron chi connectivity index (χ4n) is 2.97. The number of halogens is 1. The third kappa shape index (κ3) is 2.77. The molecule has 5 nitrogen and oxygen atoms in total. The van der Waals surface area contributed by atoms with E-state index < -0.39 is 6.04 Å². The Morgan fingerprint density at radius 1 is 1.26 bits per heavy atom. The van der Waals surface area contributed by atoms with Gasteiger partial charge in [0.25, 0.3) is 5.91 Å². The number of hydrogen-bond donors (Lipinski definition) is 2. The van der Waals surface area contributed by atoms with Crippen molar-refractivity contribution >= 4 is 34.3 Å². The van der Waals surface area contributed by atoms with Crippen LogP contribution in [-0.4, -0.2) is 29.4 Å². The minimum atomic E-state index is -0.459. The number of amides is 2. The topological polar surface area (TPSA) is 71.1 Å². The third-order valence-corrected chi connectivity index (χ3v) is 4.76. The van der Waals surface area contributed by atoms with Gasteiger partial charge in [0.2, 0.25) is 5.91 Å². The lowest BCUT2D eigenvalue weighted by Gasteiger charge is -2.11. The molecule has 1 saturated heterocycles. The minimum absolute atomic E-state index is 0.135. The number of aromatic nitrogens is 1. The van der Waals surface area contributed by atoms with Crippen molar-refractivity contribution in [2.24, 2.45) is 0 Å². The fourth-order valence-corrected chi connectivity index (χ4v) is 3.30. The van der Waals surface area contributed by atoms with E-state index in [1.54, 1.807) is 12.3 Å². The van der Waals surface area contributed by atoms with Crippen LogP contribution in [0.3, 0.4) is 0 Å². The Kier molecular flexibility index (Phi) is 3.45. The van der Waals surface area contributed by atoms with E-state index in [4.69, 9.17) is 11.6 Å². The molecule has 23 heavy (non-hydrogen) atoms. The van der Waals surface area contributed by atoms with Crippen LogP contribution in [0.15, 0.2) is 24.4 Å². The molecule has 1 aliphatic heterocycles. The number of fused-ring (bicyclic) bond motifs is 1. The lowest BCUT2D eigenvalue weighted by atomic mass is 10.1. The summed E-state index contributed by atoms with van der Waals surface area (Å²) in [6.45, 7) is 0.597. The van der Waals surface area contributed by atoms with E-state index in [-0.39, 0.29) is 11.8 Å². The molecule has 1 aromatic heterocycles. The van der Waals surface area contributed by atoms with E-state index in [9.17, 15) is 9.59 Å². The van der Waals surface area contributed by atoms with Crippen molar-refractivity contribution in [3.63, 3.8) is 0 Å². The molecule has 2 N–H and O–H groups in total. The first kappa shape index (κ1) is 14.5. The smallest absolute Gasteiger partial charge is 0.253 e. The van der Waals surface area contributed by atoms with Crippen molar-refractivity contribution in [2.45, 2.75) is 31.2 Å². The average molecular weight is 330 g/mol. The number of carbonyl (C=O) groups excluding carboxylic acids is 2. The highest BCUT2D eigenvalue weighted by Crippen LogP contribution is 2.44. The predicted octanol–water partition coefficient (Wildman–Crippen LogP) is 2.38. The second-order valence-corrected chi connectivity index (χ2v) is 6.58. The van der Waals surface area contributed by atoms with Crippen LogP contribution >= 0.6 is 11.6 Å². The first-order valence-electron chi connectivity index (χ1n) is 7.79. The van der Waals surface area contributed by atoms with Crippen LogP contribution in [-0.2, 0) is 4.79 Å². The molecule has 1 atom stereocenters. The summed E-state index contributed by atoms with van der Waals surface area (Å²) in [5.74, 6) is 0.130. The second kappa shape index (κ2) is 5.49. The molecule has 2 amide bonds. The number of nitrogens with zero attached hydrogens (tertiary/aromatic N) is 1. The van der Waals surface area contributed by atoms with E-state index in [0.29, 0.717) is 24.4 Å². The average Bonchev–Trinajstić information content (AvgIpc) is 3.30. The molecule has 4 rings (SSSR count). The lowest BCUT2D eigenvalue weighted by Crippen LogP contribution is -2.40. The Bertz CT molecular complexity index is 817. The Morgan fingerprint density at radius 2 is 2.09 bits per heavy atom. The van der Waals surface area contributed by atoms with Crippen LogP contribution in [0.5, 0.6) is 0 Å². The van der Waals surface area contributed by atoms with Gasteiger partial charge in [0, 0.05) is 23.2 Å². The van der Waals surface area contributed by atoms with Crippen molar-refractivity contribution in [3.8, 4) is 0 Å². The minimum Gasteiger partial charge on any atom is -0.354 e. The first-order chi connectivity index (χ1) is 11.1. The van der Waals surface area contributed by atoms with Gasteiger partial charge in [-0.2, -0.15) is 0 Å². The van der Waals surface area contributed by atoms with Crippen molar-refractivity contribution in [2.75, 3.05) is 6.54 Å². The Labute approximate surface area is 138 Å². The van der Waals surface area contributed by atoms with Gasteiger partial charge in [-0.25, -0.2) is 0 Å². The number of hydrogen-bond acceptors (Lipinski definition) is 3. The molecule has 2 aliphatic rings. The van der Waals surface area contributed by atoms with E-state index in [0.717, 1.165) is 21.5 Å². The summed E-state index contributed by atoms with van der Waals surface area (Å²) >= 11 is 6.35. The van der Waals surface area contributed by atoms with Crippen LogP contribution < -0.4 is 10.6 Å². The standard InChI is InChI=1S/C17H16ClN3O2/c18-13-6-10-5-11(16(22)21-14-3-4-19-17(14)23)8-20-15(10)7-12(13)9-1-2-9/h5-9,14H,1-4H2,(H,19,23)(H,21,22). The maximum Gasteiger partial charge on any atom is 0.253 e. The molecule has 0 spiro atoms. The molecular weight excluding hydrogens is 314 g/mol. The van der Waals surface area contributed by atoms with Crippen LogP contribution in [0.1, 0.15) is 41.1 Å². The van der Waals surface area contributed by atoms with Crippen LogP contribution in [0.2, 0.25) is 5.02 Å². The predicted molar refractivity (Wildman–Crippen MR) is 87.6 cm³/mol. The summed E-state index contributed by atoms with van der Waals surface area (Å²) in [7, 11) is 0. The summed E-state index contributed by atoms with van der Waals surface area (Å²) in [6, 6.07) is 5.20. The van der Waals surface area contributed by atoms with Gasteiger partial charge in [-0.15, -0.1) is 0 Å². The van der Waals surface area contributed by atoms with Gasteiger partial charge in [-0.3, -0.25) is 14.6 Å². The molecule has 0 radical (unpaired) electrons. The summed E-state index contributed by atoms with van der Waals surface area (Å²) in [6.07, 6.45) is 4.52. The van der Waals surface area contributed by atoms with E-state index in [1.165, 1.54) is 12.8 Å². The maximum atomic E-state index is 12.3. The molecule has 2 aromatic rings. The van der Waals surface area contributed by atoms with Crippen molar-refractivity contribution in [3.05, 3.63) is 40.5 Å². The van der Waals surface area contributed by atoms with Crippen molar-refractivity contribution in [1.29, 1.82) is 0 Å². The Balaban J connectivity index is 1.61. The van der Waals surface area contributed by atoms with Crippen LogP contribution in [0, 0.1) is 0 Å². The zero-order valence-electron chi connectivity index (χ0n) is 12.4. The molecule has 118 valence electrons. The van der Waals surface area contributed by atoms with E-state index >= 15 is 0 Å². The largest absolute Gasteiger partial charge is 0.354 e. The molecular formula is C17H16ClN3O2. The summed E-state index contributed by atoms with van der Waals surface area (Å²) in [5, 5.41) is 7.01. The molecule has 1 aromatic carbocycles. The normalized spacial score (nSPS) is 20.6. The van der Waals surface area contributed by atoms with Gasteiger partial charge in [-0.05, 0) is 48.9 Å². The zero-order chi connectivity index (χ0) is 16.0. The SMILES string of the molecule is O=C(NC1CCNC1=O)c1cnc2cc(C3CC3)c(Cl)cc2c1. The second-order valence-electron chi connectivity index (χ2n) is 6.17. The summed E-state index contributed by atoms with van der Waals surface area (Å²) in [4.78, 5) is 28.2. The molecule has 1 saturated carbocycles.